The number of carbonyl (C=O) groups is 1. The zero-order valence-electron chi connectivity index (χ0n) is 14.9. The Kier molecular flexibility index (Phi) is 6.45. The zero-order valence-corrected chi connectivity index (χ0v) is 16.4. The van der Waals surface area contributed by atoms with E-state index in [-0.39, 0.29) is 12.5 Å². The number of piperidine rings is 1. The van der Waals surface area contributed by atoms with Gasteiger partial charge < -0.3 is 10.2 Å². The highest BCUT2D eigenvalue weighted by atomic mass is 35.5. The summed E-state index contributed by atoms with van der Waals surface area (Å²) in [5.74, 6) is 1.31. The van der Waals surface area contributed by atoms with Gasteiger partial charge in [-0.1, -0.05) is 18.5 Å². The van der Waals surface area contributed by atoms with E-state index in [1.807, 2.05) is 12.1 Å². The number of amides is 1. The van der Waals surface area contributed by atoms with Gasteiger partial charge in [0.15, 0.2) is 10.6 Å². The van der Waals surface area contributed by atoms with E-state index in [0.717, 1.165) is 31.1 Å². The number of benzene rings is 1. The molecule has 1 aromatic heterocycles. The summed E-state index contributed by atoms with van der Waals surface area (Å²) < 4.78 is 2.13. The number of nitrogens with zero attached hydrogens (tertiary/aromatic N) is 3. The van der Waals surface area contributed by atoms with Crippen LogP contribution in [-0.4, -0.2) is 51.8 Å². The van der Waals surface area contributed by atoms with E-state index in [0.29, 0.717) is 22.2 Å². The van der Waals surface area contributed by atoms with Crippen molar-refractivity contribution in [3.8, 4) is 11.4 Å². The lowest BCUT2D eigenvalue weighted by Crippen LogP contribution is -2.40. The van der Waals surface area contributed by atoms with Crippen LogP contribution in [0.1, 0.15) is 19.8 Å². The van der Waals surface area contributed by atoms with Crippen molar-refractivity contribution >= 4 is 29.7 Å². The molecule has 1 aliphatic heterocycles. The summed E-state index contributed by atoms with van der Waals surface area (Å²) in [6.07, 6.45) is 2.54. The lowest BCUT2D eigenvalue weighted by molar-refractivity contribution is -0.121. The first-order chi connectivity index (χ1) is 12.5. The average Bonchev–Trinajstić information content (AvgIpc) is 2.96. The van der Waals surface area contributed by atoms with Gasteiger partial charge in [0.05, 0.1) is 0 Å². The first kappa shape index (κ1) is 19.1. The summed E-state index contributed by atoms with van der Waals surface area (Å²) >= 11 is 11.2. The molecule has 2 heterocycles. The molecule has 0 spiro atoms. The lowest BCUT2D eigenvalue weighted by Gasteiger charge is -2.30. The van der Waals surface area contributed by atoms with Crippen molar-refractivity contribution < 1.29 is 4.79 Å². The van der Waals surface area contributed by atoms with E-state index in [1.165, 1.54) is 12.8 Å². The molecular formula is C18H24ClN5OS. The number of hydrogen-bond donors (Lipinski definition) is 2. The predicted octanol–water partition coefficient (Wildman–Crippen LogP) is 3.11. The highest BCUT2D eigenvalue weighted by Gasteiger charge is 2.16. The largest absolute Gasteiger partial charge is 0.353 e. The Morgan fingerprint density at radius 2 is 2.19 bits per heavy atom. The Labute approximate surface area is 163 Å². The van der Waals surface area contributed by atoms with Gasteiger partial charge in [-0.15, -0.1) is 0 Å². The molecule has 2 N–H and O–H groups in total. The molecule has 0 bridgehead atoms. The smallest absolute Gasteiger partial charge is 0.240 e. The van der Waals surface area contributed by atoms with Crippen molar-refractivity contribution in [1.82, 2.24) is 25.0 Å². The lowest BCUT2D eigenvalue weighted by atomic mass is 10.0. The SMILES string of the molecule is CC1CCCN(CCNC(=O)Cn2c(-c3ccc(Cl)cc3)n[nH]c2=S)C1. The van der Waals surface area contributed by atoms with Crippen molar-refractivity contribution in [2.24, 2.45) is 5.92 Å². The number of carbonyl (C=O) groups excluding carboxylic acids is 1. The Morgan fingerprint density at radius 3 is 2.92 bits per heavy atom. The van der Waals surface area contributed by atoms with Crippen molar-refractivity contribution in [2.75, 3.05) is 26.2 Å². The molecule has 1 aliphatic rings. The maximum Gasteiger partial charge on any atom is 0.240 e. The summed E-state index contributed by atoms with van der Waals surface area (Å²) in [4.78, 5) is 14.8. The molecule has 3 rings (SSSR count). The summed E-state index contributed by atoms with van der Waals surface area (Å²) in [6.45, 7) is 6.19. The maximum absolute atomic E-state index is 12.3. The van der Waals surface area contributed by atoms with Gasteiger partial charge in [-0.3, -0.25) is 14.5 Å². The number of nitrogens with one attached hydrogen (secondary N) is 2. The van der Waals surface area contributed by atoms with Crippen molar-refractivity contribution in [3.05, 3.63) is 34.1 Å². The molecule has 1 amide bonds. The van der Waals surface area contributed by atoms with Crippen molar-refractivity contribution in [2.45, 2.75) is 26.3 Å². The van der Waals surface area contributed by atoms with Crippen LogP contribution >= 0.6 is 23.8 Å². The minimum absolute atomic E-state index is 0.0669. The molecular weight excluding hydrogens is 370 g/mol. The fourth-order valence-electron chi connectivity index (χ4n) is 3.33. The number of H-pyrrole nitrogens is 1. The first-order valence-electron chi connectivity index (χ1n) is 8.93. The summed E-state index contributed by atoms with van der Waals surface area (Å²) in [6, 6.07) is 7.30. The molecule has 1 atom stereocenters. The number of hydrogen-bond acceptors (Lipinski definition) is 4. The fourth-order valence-corrected chi connectivity index (χ4v) is 3.65. The van der Waals surface area contributed by atoms with Gasteiger partial charge in [0.1, 0.15) is 6.54 Å². The monoisotopic (exact) mass is 393 g/mol. The summed E-state index contributed by atoms with van der Waals surface area (Å²) in [5, 5.41) is 10.6. The van der Waals surface area contributed by atoms with E-state index < -0.39 is 0 Å². The summed E-state index contributed by atoms with van der Waals surface area (Å²) in [7, 11) is 0. The number of halogens is 1. The standard InChI is InChI=1S/C18H24ClN5OS/c1-13-3-2-9-23(11-13)10-8-20-16(25)12-24-17(21-22-18(24)26)14-4-6-15(19)7-5-14/h4-7,13H,2-3,8-12H2,1H3,(H,20,25)(H,22,26). The molecule has 26 heavy (non-hydrogen) atoms. The number of aromatic amines is 1. The van der Waals surface area contributed by atoms with Gasteiger partial charge in [0, 0.05) is 30.2 Å². The van der Waals surface area contributed by atoms with Crippen LogP contribution in [0.4, 0.5) is 0 Å². The maximum atomic E-state index is 12.3. The van der Waals surface area contributed by atoms with E-state index in [9.17, 15) is 4.79 Å². The molecule has 1 unspecified atom stereocenters. The third-order valence-corrected chi connectivity index (χ3v) is 5.22. The van der Waals surface area contributed by atoms with Gasteiger partial charge in [-0.05, 0) is 61.8 Å². The van der Waals surface area contributed by atoms with Crippen LogP contribution in [-0.2, 0) is 11.3 Å². The molecule has 2 aromatic rings. The van der Waals surface area contributed by atoms with E-state index in [2.05, 4.69) is 27.3 Å². The second-order valence-corrected chi connectivity index (χ2v) is 7.67. The second-order valence-electron chi connectivity index (χ2n) is 6.84. The first-order valence-corrected chi connectivity index (χ1v) is 9.72. The van der Waals surface area contributed by atoms with Gasteiger partial charge >= 0.3 is 0 Å². The zero-order chi connectivity index (χ0) is 18.5. The van der Waals surface area contributed by atoms with Crippen LogP contribution in [0.25, 0.3) is 11.4 Å². The minimum Gasteiger partial charge on any atom is -0.353 e. The molecule has 6 nitrogen and oxygen atoms in total. The van der Waals surface area contributed by atoms with Crippen LogP contribution in [0.2, 0.25) is 5.02 Å². The molecule has 0 aliphatic carbocycles. The molecule has 0 saturated carbocycles. The molecule has 0 radical (unpaired) electrons. The second kappa shape index (κ2) is 8.79. The van der Waals surface area contributed by atoms with Crippen LogP contribution in [0.3, 0.4) is 0 Å². The normalized spacial score (nSPS) is 18.0. The number of aromatic nitrogens is 3. The van der Waals surface area contributed by atoms with Crippen LogP contribution < -0.4 is 5.32 Å². The Morgan fingerprint density at radius 1 is 1.42 bits per heavy atom. The quantitative estimate of drug-likeness (QED) is 0.740. The van der Waals surface area contributed by atoms with E-state index in [4.69, 9.17) is 23.8 Å². The van der Waals surface area contributed by atoms with Crippen LogP contribution in [0, 0.1) is 10.7 Å². The number of likely N-dealkylation sites (tertiary alicyclic amines) is 1. The number of rotatable bonds is 6. The fraction of sp³-hybridized carbons (Fsp3) is 0.500. The predicted molar refractivity (Wildman–Crippen MR) is 106 cm³/mol. The highest BCUT2D eigenvalue weighted by Crippen LogP contribution is 2.20. The van der Waals surface area contributed by atoms with Crippen molar-refractivity contribution in [1.29, 1.82) is 0 Å². The molecule has 8 heteroatoms. The van der Waals surface area contributed by atoms with Crippen molar-refractivity contribution in [3.63, 3.8) is 0 Å². The molecule has 1 saturated heterocycles. The Balaban J connectivity index is 1.57. The van der Waals surface area contributed by atoms with Gasteiger partial charge in [0.2, 0.25) is 5.91 Å². The van der Waals surface area contributed by atoms with Gasteiger partial charge in [-0.25, -0.2) is 0 Å². The molecule has 1 fully saturated rings. The Hall–Kier alpha value is -1.70. The third kappa shape index (κ3) is 4.93. The molecule has 140 valence electrons. The summed E-state index contributed by atoms with van der Waals surface area (Å²) in [5.41, 5.74) is 0.858. The molecule has 1 aromatic carbocycles. The average molecular weight is 394 g/mol. The minimum atomic E-state index is -0.0669. The van der Waals surface area contributed by atoms with Crippen LogP contribution in [0.15, 0.2) is 24.3 Å². The highest BCUT2D eigenvalue weighted by molar-refractivity contribution is 7.71. The topological polar surface area (TPSA) is 66.0 Å². The van der Waals surface area contributed by atoms with Crippen LogP contribution in [0.5, 0.6) is 0 Å². The Bertz CT molecular complexity index is 801. The van der Waals surface area contributed by atoms with E-state index in [1.54, 1.807) is 16.7 Å². The van der Waals surface area contributed by atoms with Gasteiger partial charge in [0.25, 0.3) is 0 Å². The van der Waals surface area contributed by atoms with E-state index >= 15 is 0 Å². The van der Waals surface area contributed by atoms with Gasteiger partial charge in [-0.2, -0.15) is 5.10 Å². The third-order valence-electron chi connectivity index (χ3n) is 4.65.